The van der Waals surface area contributed by atoms with E-state index < -0.39 is 0 Å². The fourth-order valence-electron chi connectivity index (χ4n) is 2.21. The Labute approximate surface area is 131 Å². The van der Waals surface area contributed by atoms with Gasteiger partial charge in [-0.1, -0.05) is 25.4 Å². The van der Waals surface area contributed by atoms with E-state index in [1.165, 1.54) is 0 Å². The zero-order chi connectivity index (χ0) is 15.2. The van der Waals surface area contributed by atoms with Gasteiger partial charge in [0, 0.05) is 17.0 Å². The molecule has 1 aromatic heterocycles. The number of oxazole rings is 1. The molecule has 0 spiro atoms. The first-order valence-electron chi connectivity index (χ1n) is 7.48. The molecule has 0 radical (unpaired) electrons. The molecule has 1 heterocycles. The average molecular weight is 307 g/mol. The Hall–Kier alpha value is -1.32. The molecule has 0 aliphatic rings. The molecule has 0 bridgehead atoms. The summed E-state index contributed by atoms with van der Waals surface area (Å²) in [6.45, 7) is 8.50. The molecule has 0 saturated heterocycles. The van der Waals surface area contributed by atoms with Crippen LogP contribution in [0.1, 0.15) is 31.7 Å². The van der Waals surface area contributed by atoms with E-state index in [2.05, 4.69) is 24.1 Å². The number of rotatable bonds is 7. The molecule has 3 nitrogen and oxygen atoms in total. The van der Waals surface area contributed by atoms with Crippen LogP contribution in [0.2, 0.25) is 5.02 Å². The van der Waals surface area contributed by atoms with Crippen molar-refractivity contribution in [3.05, 3.63) is 40.9 Å². The Bertz CT molecular complexity index is 578. The van der Waals surface area contributed by atoms with Crippen molar-refractivity contribution in [2.24, 2.45) is 5.92 Å². The zero-order valence-corrected chi connectivity index (χ0v) is 13.7. The van der Waals surface area contributed by atoms with Crippen molar-refractivity contribution >= 4 is 11.6 Å². The molecule has 0 saturated carbocycles. The Kier molecular flexibility index (Phi) is 5.83. The van der Waals surface area contributed by atoms with Gasteiger partial charge in [0.15, 0.2) is 11.7 Å². The largest absolute Gasteiger partial charge is 0.441 e. The molecule has 0 aliphatic heterocycles. The van der Waals surface area contributed by atoms with E-state index in [9.17, 15) is 0 Å². The predicted octanol–water partition coefficient (Wildman–Crippen LogP) is 4.48. The number of hydrogen-bond donors (Lipinski definition) is 1. The Morgan fingerprint density at radius 1 is 1.33 bits per heavy atom. The minimum Gasteiger partial charge on any atom is -0.441 e. The highest BCUT2D eigenvalue weighted by molar-refractivity contribution is 6.30. The quantitative estimate of drug-likeness (QED) is 0.766. The van der Waals surface area contributed by atoms with Gasteiger partial charge in [0.1, 0.15) is 0 Å². The Morgan fingerprint density at radius 2 is 2.14 bits per heavy atom. The molecular formula is C17H23ClN2O. The van der Waals surface area contributed by atoms with Crippen LogP contribution in [-0.2, 0) is 6.42 Å². The van der Waals surface area contributed by atoms with E-state index >= 15 is 0 Å². The van der Waals surface area contributed by atoms with Gasteiger partial charge in [0.05, 0.1) is 6.20 Å². The maximum atomic E-state index is 5.98. The maximum Gasteiger partial charge on any atom is 0.194 e. The van der Waals surface area contributed by atoms with Crippen LogP contribution in [0.15, 0.2) is 28.8 Å². The monoisotopic (exact) mass is 306 g/mol. The summed E-state index contributed by atoms with van der Waals surface area (Å²) in [6, 6.07) is 5.79. The fraction of sp³-hybridized carbons (Fsp3) is 0.471. The normalized spacial score (nSPS) is 11.3. The molecule has 0 amide bonds. The van der Waals surface area contributed by atoms with E-state index in [1.54, 1.807) is 6.20 Å². The number of aryl methyl sites for hydroxylation is 2. The van der Waals surface area contributed by atoms with E-state index in [0.29, 0.717) is 5.92 Å². The van der Waals surface area contributed by atoms with Crippen LogP contribution in [0.3, 0.4) is 0 Å². The molecular weight excluding hydrogens is 284 g/mol. The van der Waals surface area contributed by atoms with Gasteiger partial charge >= 0.3 is 0 Å². The SMILES string of the molecule is Cc1cc(Cl)ccc1-c1cnc(CCCNCC(C)C)o1. The van der Waals surface area contributed by atoms with E-state index in [-0.39, 0.29) is 0 Å². The van der Waals surface area contributed by atoms with Crippen LogP contribution in [0.25, 0.3) is 11.3 Å². The van der Waals surface area contributed by atoms with E-state index in [0.717, 1.165) is 53.7 Å². The predicted molar refractivity (Wildman–Crippen MR) is 87.7 cm³/mol. The minimum absolute atomic E-state index is 0.686. The fourth-order valence-corrected chi connectivity index (χ4v) is 2.44. The first kappa shape index (κ1) is 16.1. The summed E-state index contributed by atoms with van der Waals surface area (Å²) in [5.74, 6) is 2.30. The van der Waals surface area contributed by atoms with Crippen molar-refractivity contribution in [1.82, 2.24) is 10.3 Å². The van der Waals surface area contributed by atoms with Gasteiger partial charge in [0.25, 0.3) is 0 Å². The minimum atomic E-state index is 0.686. The lowest BCUT2D eigenvalue weighted by Crippen LogP contribution is -2.21. The number of aromatic nitrogens is 1. The van der Waals surface area contributed by atoms with Crippen LogP contribution in [0.5, 0.6) is 0 Å². The maximum absolute atomic E-state index is 5.98. The molecule has 4 heteroatoms. The van der Waals surface area contributed by atoms with E-state index in [4.69, 9.17) is 16.0 Å². The summed E-state index contributed by atoms with van der Waals surface area (Å²) in [7, 11) is 0. The summed E-state index contributed by atoms with van der Waals surface area (Å²) < 4.78 is 5.84. The molecule has 0 unspecified atom stereocenters. The van der Waals surface area contributed by atoms with Gasteiger partial charge in [-0.3, -0.25) is 0 Å². The molecule has 2 aromatic rings. The third-order valence-electron chi connectivity index (χ3n) is 3.30. The molecule has 114 valence electrons. The summed E-state index contributed by atoms with van der Waals surface area (Å²) in [5.41, 5.74) is 2.15. The van der Waals surface area contributed by atoms with Gasteiger partial charge in [-0.05, 0) is 56.1 Å². The Morgan fingerprint density at radius 3 is 2.86 bits per heavy atom. The van der Waals surface area contributed by atoms with Crippen molar-refractivity contribution in [3.63, 3.8) is 0 Å². The van der Waals surface area contributed by atoms with Crippen LogP contribution >= 0.6 is 11.6 Å². The Balaban J connectivity index is 1.89. The van der Waals surface area contributed by atoms with E-state index in [1.807, 2.05) is 25.1 Å². The van der Waals surface area contributed by atoms with Gasteiger partial charge in [0.2, 0.25) is 0 Å². The van der Waals surface area contributed by atoms with Gasteiger partial charge < -0.3 is 9.73 Å². The smallest absolute Gasteiger partial charge is 0.194 e. The second-order valence-corrected chi connectivity index (χ2v) is 6.22. The molecule has 0 fully saturated rings. The molecule has 1 aromatic carbocycles. The lowest BCUT2D eigenvalue weighted by atomic mass is 10.1. The van der Waals surface area contributed by atoms with Crippen LogP contribution in [0.4, 0.5) is 0 Å². The molecule has 0 aliphatic carbocycles. The topological polar surface area (TPSA) is 38.1 Å². The highest BCUT2D eigenvalue weighted by Gasteiger charge is 2.09. The number of hydrogen-bond acceptors (Lipinski definition) is 3. The summed E-state index contributed by atoms with van der Waals surface area (Å²) >= 11 is 5.98. The number of benzene rings is 1. The summed E-state index contributed by atoms with van der Waals surface area (Å²) in [6.07, 6.45) is 3.69. The van der Waals surface area contributed by atoms with Crippen LogP contribution in [0, 0.1) is 12.8 Å². The summed E-state index contributed by atoms with van der Waals surface area (Å²) in [5, 5.41) is 4.17. The van der Waals surface area contributed by atoms with Crippen LogP contribution in [-0.4, -0.2) is 18.1 Å². The zero-order valence-electron chi connectivity index (χ0n) is 12.9. The van der Waals surface area contributed by atoms with Gasteiger partial charge in [-0.2, -0.15) is 0 Å². The lowest BCUT2D eigenvalue weighted by molar-refractivity contribution is 0.483. The van der Waals surface area contributed by atoms with Crippen molar-refractivity contribution in [2.45, 2.75) is 33.6 Å². The first-order valence-corrected chi connectivity index (χ1v) is 7.86. The number of nitrogens with zero attached hydrogens (tertiary/aromatic N) is 1. The molecule has 1 N–H and O–H groups in total. The van der Waals surface area contributed by atoms with Crippen molar-refractivity contribution in [1.29, 1.82) is 0 Å². The third-order valence-corrected chi connectivity index (χ3v) is 3.54. The lowest BCUT2D eigenvalue weighted by Gasteiger charge is -2.05. The van der Waals surface area contributed by atoms with Crippen LogP contribution < -0.4 is 5.32 Å². The molecule has 21 heavy (non-hydrogen) atoms. The average Bonchev–Trinajstić information content (AvgIpc) is 2.86. The second-order valence-electron chi connectivity index (χ2n) is 5.78. The highest BCUT2D eigenvalue weighted by atomic mass is 35.5. The highest BCUT2D eigenvalue weighted by Crippen LogP contribution is 2.26. The second kappa shape index (κ2) is 7.62. The first-order chi connectivity index (χ1) is 10.1. The number of nitrogens with one attached hydrogen (secondary N) is 1. The third kappa shape index (κ3) is 4.87. The van der Waals surface area contributed by atoms with Gasteiger partial charge in [-0.25, -0.2) is 4.98 Å². The standard InChI is InChI=1S/C17H23ClN2O/c1-12(2)10-19-8-4-5-17-20-11-16(21-17)15-7-6-14(18)9-13(15)3/h6-7,9,11-12,19H,4-5,8,10H2,1-3H3. The van der Waals surface area contributed by atoms with Gasteiger partial charge in [-0.15, -0.1) is 0 Å². The molecule has 0 atom stereocenters. The summed E-state index contributed by atoms with van der Waals surface area (Å²) in [4.78, 5) is 4.36. The van der Waals surface area contributed by atoms with Crippen molar-refractivity contribution in [2.75, 3.05) is 13.1 Å². The van der Waals surface area contributed by atoms with Crippen molar-refractivity contribution < 1.29 is 4.42 Å². The molecule has 2 rings (SSSR count). The van der Waals surface area contributed by atoms with Crippen molar-refractivity contribution in [3.8, 4) is 11.3 Å². The number of halogens is 1.